The van der Waals surface area contributed by atoms with Crippen molar-refractivity contribution in [2.24, 2.45) is 0 Å². The van der Waals surface area contributed by atoms with Crippen LogP contribution in [0.25, 0.3) is 0 Å². The topological polar surface area (TPSA) is 9.23 Å². The van der Waals surface area contributed by atoms with E-state index in [1.807, 2.05) is 0 Å². The van der Waals surface area contributed by atoms with Gasteiger partial charge in [0.25, 0.3) is 0 Å². The van der Waals surface area contributed by atoms with Crippen LogP contribution in [0.15, 0.2) is 27.6 Å². The van der Waals surface area contributed by atoms with E-state index in [1.165, 1.54) is 6.07 Å². The Hall–Kier alpha value is -0.290. The average molecular weight is 255 g/mol. The van der Waals surface area contributed by atoms with Crippen LogP contribution in [0.1, 0.15) is 0 Å². The number of hydrogen-bond donors (Lipinski definition) is 1. The summed E-state index contributed by atoms with van der Waals surface area (Å²) in [6, 6.07) is 4.72. The first kappa shape index (κ1) is 9.80. The Bertz CT molecular complexity index is 280. The molecule has 1 aromatic rings. The predicted molar refractivity (Wildman–Crippen MR) is 48.0 cm³/mol. The van der Waals surface area contributed by atoms with Gasteiger partial charge < -0.3 is 4.74 Å². The van der Waals surface area contributed by atoms with E-state index in [2.05, 4.69) is 33.3 Å². The lowest BCUT2D eigenvalue weighted by Gasteiger charge is -2.07. The molecule has 0 aliphatic heterocycles. The van der Waals surface area contributed by atoms with E-state index in [0.717, 1.165) is 0 Å². The fourth-order valence-electron chi connectivity index (χ4n) is 0.687. The van der Waals surface area contributed by atoms with Gasteiger partial charge in [-0.05, 0) is 28.1 Å². The van der Waals surface area contributed by atoms with Gasteiger partial charge >= 0.3 is 6.61 Å². The minimum atomic E-state index is -2.81. The molecule has 0 heterocycles. The maximum Gasteiger partial charge on any atom is 0.387 e. The quantitative estimate of drug-likeness (QED) is 0.797. The highest BCUT2D eigenvalue weighted by atomic mass is 79.9. The van der Waals surface area contributed by atoms with Gasteiger partial charge in [0, 0.05) is 4.47 Å². The zero-order valence-electron chi connectivity index (χ0n) is 5.80. The zero-order chi connectivity index (χ0) is 9.14. The molecule has 0 unspecified atom stereocenters. The lowest BCUT2D eigenvalue weighted by atomic mass is 10.3. The molecule has 12 heavy (non-hydrogen) atoms. The van der Waals surface area contributed by atoms with Crippen LogP contribution in [0.5, 0.6) is 5.75 Å². The minimum absolute atomic E-state index is 0.0720. The molecule has 0 aromatic heterocycles. The third-order valence-electron chi connectivity index (χ3n) is 1.17. The molecular weight excluding hydrogens is 250 g/mol. The first-order chi connectivity index (χ1) is 5.61. The summed E-state index contributed by atoms with van der Waals surface area (Å²) in [5.41, 5.74) is 0. The highest BCUT2D eigenvalue weighted by Crippen LogP contribution is 2.30. The molecule has 0 aliphatic rings. The van der Waals surface area contributed by atoms with Crippen molar-refractivity contribution in [3.8, 4) is 5.75 Å². The predicted octanol–water partition coefficient (Wildman–Crippen LogP) is 3.34. The van der Waals surface area contributed by atoms with Gasteiger partial charge in [0.2, 0.25) is 0 Å². The molecule has 5 heteroatoms. The Balaban J connectivity index is 2.92. The van der Waals surface area contributed by atoms with Gasteiger partial charge in [0.1, 0.15) is 5.75 Å². The fourth-order valence-corrected chi connectivity index (χ4v) is 1.24. The summed E-state index contributed by atoms with van der Waals surface area (Å²) in [7, 11) is 0. The first-order valence-corrected chi connectivity index (χ1v) is 4.27. The Labute approximate surface area is 82.3 Å². The Kier molecular flexibility index (Phi) is 3.34. The van der Waals surface area contributed by atoms with Crippen LogP contribution in [0, 0.1) is 0 Å². The van der Waals surface area contributed by atoms with Gasteiger partial charge in [-0.1, -0.05) is 6.07 Å². The second kappa shape index (κ2) is 4.09. The number of benzene rings is 1. The molecular formula is C7H5BrF2OS. The van der Waals surface area contributed by atoms with Crippen LogP contribution in [-0.2, 0) is 0 Å². The van der Waals surface area contributed by atoms with Crippen LogP contribution < -0.4 is 4.74 Å². The lowest BCUT2D eigenvalue weighted by molar-refractivity contribution is -0.0517. The summed E-state index contributed by atoms with van der Waals surface area (Å²) in [6.45, 7) is -2.81. The molecule has 1 rings (SSSR count). The maximum atomic E-state index is 11.8. The van der Waals surface area contributed by atoms with Crippen molar-refractivity contribution >= 4 is 28.6 Å². The lowest BCUT2D eigenvalue weighted by Crippen LogP contribution is -2.02. The SMILES string of the molecule is FC(F)Oc1cccc(Br)c1S. The van der Waals surface area contributed by atoms with Crippen molar-refractivity contribution in [2.45, 2.75) is 11.5 Å². The van der Waals surface area contributed by atoms with E-state index in [0.29, 0.717) is 9.37 Å². The molecule has 0 amide bonds. The number of ether oxygens (including phenoxy) is 1. The van der Waals surface area contributed by atoms with Gasteiger partial charge in [-0.2, -0.15) is 8.78 Å². The number of thiol groups is 1. The third-order valence-corrected chi connectivity index (χ3v) is 2.59. The molecule has 1 aromatic carbocycles. The van der Waals surface area contributed by atoms with Crippen molar-refractivity contribution in [3.05, 3.63) is 22.7 Å². The smallest absolute Gasteiger partial charge is 0.387 e. The summed E-state index contributed by atoms with van der Waals surface area (Å²) in [4.78, 5) is 0.373. The van der Waals surface area contributed by atoms with Crippen molar-refractivity contribution in [3.63, 3.8) is 0 Å². The first-order valence-electron chi connectivity index (χ1n) is 3.03. The number of hydrogen-bond acceptors (Lipinski definition) is 2. The Morgan fingerprint density at radius 1 is 1.42 bits per heavy atom. The van der Waals surface area contributed by atoms with Crippen LogP contribution in [0.2, 0.25) is 0 Å². The minimum Gasteiger partial charge on any atom is -0.434 e. The van der Waals surface area contributed by atoms with E-state index in [-0.39, 0.29) is 5.75 Å². The molecule has 0 spiro atoms. The Morgan fingerprint density at radius 3 is 2.67 bits per heavy atom. The second-order valence-corrected chi connectivity index (χ2v) is 3.27. The summed E-state index contributed by atoms with van der Waals surface area (Å²) in [5.74, 6) is 0.0720. The van der Waals surface area contributed by atoms with Crippen LogP contribution in [0.3, 0.4) is 0 Å². The fraction of sp³-hybridized carbons (Fsp3) is 0.143. The molecule has 0 bridgehead atoms. The van der Waals surface area contributed by atoms with E-state index in [1.54, 1.807) is 12.1 Å². The standard InChI is InChI=1S/C7H5BrF2OS/c8-4-2-1-3-5(6(4)12)11-7(9)10/h1-3,7,12H. The van der Waals surface area contributed by atoms with E-state index < -0.39 is 6.61 Å². The van der Waals surface area contributed by atoms with Crippen LogP contribution in [0.4, 0.5) is 8.78 Å². The van der Waals surface area contributed by atoms with Gasteiger partial charge in [-0.3, -0.25) is 0 Å². The molecule has 0 N–H and O–H groups in total. The monoisotopic (exact) mass is 254 g/mol. The van der Waals surface area contributed by atoms with E-state index >= 15 is 0 Å². The molecule has 1 nitrogen and oxygen atoms in total. The number of rotatable bonds is 2. The summed E-state index contributed by atoms with van der Waals surface area (Å²) in [6.07, 6.45) is 0. The molecule has 0 fully saturated rings. The molecule has 0 atom stereocenters. The van der Waals surface area contributed by atoms with Gasteiger partial charge in [0.15, 0.2) is 0 Å². The van der Waals surface area contributed by atoms with E-state index in [4.69, 9.17) is 0 Å². The highest BCUT2D eigenvalue weighted by molar-refractivity contribution is 9.10. The van der Waals surface area contributed by atoms with E-state index in [9.17, 15) is 8.78 Å². The highest BCUT2D eigenvalue weighted by Gasteiger charge is 2.08. The summed E-state index contributed by atoms with van der Waals surface area (Å²) < 4.78 is 28.3. The molecule has 0 saturated heterocycles. The second-order valence-electron chi connectivity index (χ2n) is 1.97. The van der Waals surface area contributed by atoms with Gasteiger partial charge in [0.05, 0.1) is 4.90 Å². The summed E-state index contributed by atoms with van der Waals surface area (Å²) in [5, 5.41) is 0. The molecule has 0 aliphatic carbocycles. The number of halogens is 3. The molecule has 0 radical (unpaired) electrons. The van der Waals surface area contributed by atoms with Crippen molar-refractivity contribution in [1.82, 2.24) is 0 Å². The largest absolute Gasteiger partial charge is 0.434 e. The summed E-state index contributed by atoms with van der Waals surface area (Å²) >= 11 is 7.12. The van der Waals surface area contributed by atoms with Crippen molar-refractivity contribution in [2.75, 3.05) is 0 Å². The molecule has 66 valence electrons. The average Bonchev–Trinajstić information content (AvgIpc) is 1.98. The van der Waals surface area contributed by atoms with Crippen molar-refractivity contribution in [1.29, 1.82) is 0 Å². The van der Waals surface area contributed by atoms with Crippen LogP contribution in [-0.4, -0.2) is 6.61 Å². The normalized spacial score (nSPS) is 10.4. The zero-order valence-corrected chi connectivity index (χ0v) is 8.28. The Morgan fingerprint density at radius 2 is 2.08 bits per heavy atom. The van der Waals surface area contributed by atoms with Gasteiger partial charge in [-0.25, -0.2) is 0 Å². The van der Waals surface area contributed by atoms with Gasteiger partial charge in [-0.15, -0.1) is 12.6 Å². The molecule has 0 saturated carbocycles. The maximum absolute atomic E-state index is 11.8. The van der Waals surface area contributed by atoms with Crippen molar-refractivity contribution < 1.29 is 13.5 Å². The van der Waals surface area contributed by atoms with Crippen LogP contribution >= 0.6 is 28.6 Å². The number of alkyl halides is 2. The third kappa shape index (κ3) is 2.35.